The van der Waals surface area contributed by atoms with Gasteiger partial charge >= 0.3 is 0 Å². The molecular formula is C9H16N4. The summed E-state index contributed by atoms with van der Waals surface area (Å²) >= 11 is 0. The van der Waals surface area contributed by atoms with Crippen LogP contribution in [0.3, 0.4) is 0 Å². The maximum Gasteiger partial charge on any atom is 0.149 e. The third-order valence-corrected chi connectivity index (χ3v) is 1.81. The van der Waals surface area contributed by atoms with Crippen LogP contribution in [-0.2, 0) is 0 Å². The first-order valence-corrected chi connectivity index (χ1v) is 4.40. The lowest BCUT2D eigenvalue weighted by atomic mass is 10.0. The predicted octanol–water partition coefficient (Wildman–Crippen LogP) is 1.02. The minimum Gasteiger partial charge on any atom is -0.364 e. The Balaban J connectivity index is 2.58. The first-order chi connectivity index (χ1) is 6.14. The van der Waals surface area contributed by atoms with Gasteiger partial charge in [-0.15, -0.1) is 5.10 Å². The van der Waals surface area contributed by atoms with Gasteiger partial charge in [-0.25, -0.2) is 0 Å². The summed E-state index contributed by atoms with van der Waals surface area (Å²) in [6, 6.07) is 3.75. The van der Waals surface area contributed by atoms with E-state index in [1.165, 1.54) is 0 Å². The lowest BCUT2D eigenvalue weighted by Crippen LogP contribution is -2.33. The standard InChI is InChI=1S/C9H16N4/c1-9(2,5-6-10)12-8-4-3-7-11-13-8/h3-4,7H,5-6,10H2,1-2H3,(H,12,13). The van der Waals surface area contributed by atoms with Crippen LogP contribution in [0, 0.1) is 0 Å². The normalized spacial score (nSPS) is 11.3. The van der Waals surface area contributed by atoms with E-state index in [1.807, 2.05) is 12.1 Å². The van der Waals surface area contributed by atoms with Crippen molar-refractivity contribution in [2.24, 2.45) is 5.73 Å². The van der Waals surface area contributed by atoms with Crippen LogP contribution >= 0.6 is 0 Å². The number of nitrogens with one attached hydrogen (secondary N) is 1. The van der Waals surface area contributed by atoms with E-state index < -0.39 is 0 Å². The van der Waals surface area contributed by atoms with Crippen molar-refractivity contribution >= 4 is 5.82 Å². The second kappa shape index (κ2) is 4.18. The van der Waals surface area contributed by atoms with Crippen molar-refractivity contribution < 1.29 is 0 Å². The van der Waals surface area contributed by atoms with E-state index in [4.69, 9.17) is 5.73 Å². The summed E-state index contributed by atoms with van der Waals surface area (Å²) in [5, 5.41) is 11.0. The number of rotatable bonds is 4. The number of nitrogens with zero attached hydrogens (tertiary/aromatic N) is 2. The van der Waals surface area contributed by atoms with Gasteiger partial charge in [0, 0.05) is 11.7 Å². The summed E-state index contributed by atoms with van der Waals surface area (Å²) in [4.78, 5) is 0. The maximum atomic E-state index is 5.49. The third-order valence-electron chi connectivity index (χ3n) is 1.81. The van der Waals surface area contributed by atoms with E-state index in [9.17, 15) is 0 Å². The highest BCUT2D eigenvalue weighted by molar-refractivity contribution is 5.34. The lowest BCUT2D eigenvalue weighted by molar-refractivity contribution is 0.523. The van der Waals surface area contributed by atoms with Crippen LogP contribution in [0.15, 0.2) is 18.3 Å². The molecule has 1 rings (SSSR count). The lowest BCUT2D eigenvalue weighted by Gasteiger charge is -2.25. The fourth-order valence-corrected chi connectivity index (χ4v) is 1.14. The van der Waals surface area contributed by atoms with Gasteiger partial charge in [-0.3, -0.25) is 0 Å². The molecule has 0 aliphatic carbocycles. The summed E-state index contributed by atoms with van der Waals surface area (Å²) in [5.74, 6) is 0.793. The van der Waals surface area contributed by atoms with Crippen molar-refractivity contribution in [1.29, 1.82) is 0 Å². The van der Waals surface area contributed by atoms with Crippen LogP contribution in [0.25, 0.3) is 0 Å². The first-order valence-electron chi connectivity index (χ1n) is 4.40. The highest BCUT2D eigenvalue weighted by Gasteiger charge is 2.16. The minimum atomic E-state index is -0.0230. The highest BCUT2D eigenvalue weighted by atomic mass is 15.2. The molecule has 0 amide bonds. The SMILES string of the molecule is CC(C)(CCN)Nc1cccnn1. The Morgan fingerprint density at radius 3 is 2.85 bits per heavy atom. The number of hydrogen-bond acceptors (Lipinski definition) is 4. The molecule has 0 aliphatic heterocycles. The van der Waals surface area contributed by atoms with E-state index in [0.717, 1.165) is 12.2 Å². The van der Waals surface area contributed by atoms with Gasteiger partial charge in [-0.05, 0) is 38.9 Å². The Labute approximate surface area is 78.6 Å². The molecule has 0 saturated heterocycles. The molecule has 0 fully saturated rings. The van der Waals surface area contributed by atoms with Crippen LogP contribution in [0.2, 0.25) is 0 Å². The van der Waals surface area contributed by atoms with Crippen LogP contribution in [0.4, 0.5) is 5.82 Å². The number of hydrogen-bond donors (Lipinski definition) is 2. The summed E-state index contributed by atoms with van der Waals surface area (Å²) < 4.78 is 0. The number of anilines is 1. The average molecular weight is 180 g/mol. The molecule has 0 aliphatic rings. The molecule has 0 spiro atoms. The zero-order valence-electron chi connectivity index (χ0n) is 8.12. The molecule has 0 atom stereocenters. The molecule has 0 saturated carbocycles. The topological polar surface area (TPSA) is 63.8 Å². The van der Waals surface area contributed by atoms with Gasteiger partial charge in [0.2, 0.25) is 0 Å². The molecular weight excluding hydrogens is 164 g/mol. The minimum absolute atomic E-state index is 0.0230. The van der Waals surface area contributed by atoms with Gasteiger partial charge in [-0.1, -0.05) is 0 Å². The van der Waals surface area contributed by atoms with E-state index in [-0.39, 0.29) is 5.54 Å². The van der Waals surface area contributed by atoms with E-state index in [2.05, 4.69) is 29.4 Å². The number of aromatic nitrogens is 2. The van der Waals surface area contributed by atoms with Crippen LogP contribution < -0.4 is 11.1 Å². The zero-order valence-corrected chi connectivity index (χ0v) is 8.12. The molecule has 3 N–H and O–H groups in total. The second-order valence-electron chi connectivity index (χ2n) is 3.66. The van der Waals surface area contributed by atoms with Gasteiger partial charge in [0.25, 0.3) is 0 Å². The smallest absolute Gasteiger partial charge is 0.149 e. The Bertz CT molecular complexity index is 245. The fourth-order valence-electron chi connectivity index (χ4n) is 1.14. The molecule has 0 bridgehead atoms. The molecule has 4 nitrogen and oxygen atoms in total. The van der Waals surface area contributed by atoms with Gasteiger partial charge < -0.3 is 11.1 Å². The Morgan fingerprint density at radius 1 is 1.54 bits per heavy atom. The van der Waals surface area contributed by atoms with Crippen molar-refractivity contribution in [2.45, 2.75) is 25.8 Å². The van der Waals surface area contributed by atoms with E-state index in [1.54, 1.807) is 6.20 Å². The Hall–Kier alpha value is -1.16. The van der Waals surface area contributed by atoms with E-state index >= 15 is 0 Å². The van der Waals surface area contributed by atoms with Crippen molar-refractivity contribution in [3.63, 3.8) is 0 Å². The summed E-state index contributed by atoms with van der Waals surface area (Å²) in [5.41, 5.74) is 5.47. The maximum absolute atomic E-state index is 5.49. The molecule has 1 heterocycles. The fraction of sp³-hybridized carbons (Fsp3) is 0.556. The van der Waals surface area contributed by atoms with Crippen molar-refractivity contribution in [3.8, 4) is 0 Å². The molecule has 72 valence electrons. The Morgan fingerprint density at radius 2 is 2.31 bits per heavy atom. The third kappa shape index (κ3) is 3.38. The summed E-state index contributed by atoms with van der Waals surface area (Å²) in [6.07, 6.45) is 2.56. The van der Waals surface area contributed by atoms with Gasteiger partial charge in [-0.2, -0.15) is 5.10 Å². The zero-order chi connectivity index (χ0) is 9.73. The van der Waals surface area contributed by atoms with Crippen molar-refractivity contribution in [2.75, 3.05) is 11.9 Å². The molecule has 1 aromatic heterocycles. The molecule has 0 aromatic carbocycles. The summed E-state index contributed by atoms with van der Waals surface area (Å²) in [6.45, 7) is 4.85. The number of nitrogens with two attached hydrogens (primary N) is 1. The monoisotopic (exact) mass is 180 g/mol. The highest BCUT2D eigenvalue weighted by Crippen LogP contribution is 2.14. The van der Waals surface area contributed by atoms with E-state index in [0.29, 0.717) is 6.54 Å². The largest absolute Gasteiger partial charge is 0.364 e. The second-order valence-corrected chi connectivity index (χ2v) is 3.66. The molecule has 13 heavy (non-hydrogen) atoms. The first kappa shape index (κ1) is 9.92. The van der Waals surface area contributed by atoms with Crippen molar-refractivity contribution in [3.05, 3.63) is 18.3 Å². The van der Waals surface area contributed by atoms with Gasteiger partial charge in [0.05, 0.1) is 0 Å². The van der Waals surface area contributed by atoms with Crippen LogP contribution in [-0.4, -0.2) is 22.3 Å². The molecule has 1 aromatic rings. The molecule has 0 unspecified atom stereocenters. The Kier molecular flexibility index (Phi) is 3.19. The van der Waals surface area contributed by atoms with Crippen molar-refractivity contribution in [1.82, 2.24) is 10.2 Å². The average Bonchev–Trinajstić information content (AvgIpc) is 2.04. The summed E-state index contributed by atoms with van der Waals surface area (Å²) in [7, 11) is 0. The van der Waals surface area contributed by atoms with Crippen LogP contribution in [0.5, 0.6) is 0 Å². The van der Waals surface area contributed by atoms with Crippen LogP contribution in [0.1, 0.15) is 20.3 Å². The quantitative estimate of drug-likeness (QED) is 0.726. The molecule has 0 radical (unpaired) electrons. The molecule has 4 heteroatoms. The van der Waals surface area contributed by atoms with Gasteiger partial charge in [0.15, 0.2) is 0 Å². The predicted molar refractivity (Wildman–Crippen MR) is 53.4 cm³/mol. The van der Waals surface area contributed by atoms with Gasteiger partial charge in [0.1, 0.15) is 5.82 Å².